The van der Waals surface area contributed by atoms with E-state index in [1.54, 1.807) is 30.3 Å². The molecule has 0 saturated heterocycles. The van der Waals surface area contributed by atoms with Crippen molar-refractivity contribution in [2.24, 2.45) is 11.3 Å². The highest BCUT2D eigenvalue weighted by Gasteiger charge is 2.75. The molecule has 4 aromatic rings. The number of fused-ring (bicyclic) bond motifs is 2. The molecule has 0 aromatic carbocycles. The van der Waals surface area contributed by atoms with Gasteiger partial charge in [0.05, 0.1) is 35.8 Å². The van der Waals surface area contributed by atoms with E-state index in [4.69, 9.17) is 0 Å². The summed E-state index contributed by atoms with van der Waals surface area (Å²) in [5.41, 5.74) is 1.17. The van der Waals surface area contributed by atoms with E-state index >= 15 is 0 Å². The van der Waals surface area contributed by atoms with Crippen molar-refractivity contribution in [3.8, 4) is 17.3 Å². The number of nitrogens with zero attached hydrogens (tertiary/aromatic N) is 8. The van der Waals surface area contributed by atoms with Crippen molar-refractivity contribution in [3.63, 3.8) is 0 Å². The Morgan fingerprint density at radius 2 is 2.03 bits per heavy atom. The number of aliphatic hydroxyl groups is 2. The molecule has 0 radical (unpaired) electrons. The second kappa shape index (κ2) is 7.27. The summed E-state index contributed by atoms with van der Waals surface area (Å²) in [5.74, 6) is 0.199. The quantitative estimate of drug-likeness (QED) is 0.304. The summed E-state index contributed by atoms with van der Waals surface area (Å²) < 4.78 is 3.15. The van der Waals surface area contributed by atoms with Crippen LogP contribution in [-0.4, -0.2) is 81.9 Å². The molecule has 6 rings (SSSR count). The van der Waals surface area contributed by atoms with Crippen molar-refractivity contribution in [1.82, 2.24) is 44.8 Å². The predicted molar refractivity (Wildman–Crippen MR) is 119 cm³/mol. The summed E-state index contributed by atoms with van der Waals surface area (Å²) in [6.45, 7) is 0. The number of carbonyl (C=O) groups excluding carboxylic acids is 1. The molecule has 5 atom stereocenters. The number of rotatable bonds is 5. The molecule has 0 bridgehead atoms. The van der Waals surface area contributed by atoms with Crippen molar-refractivity contribution >= 4 is 22.9 Å². The van der Waals surface area contributed by atoms with Crippen LogP contribution < -0.4 is 10.6 Å². The van der Waals surface area contributed by atoms with E-state index in [0.717, 1.165) is 0 Å². The summed E-state index contributed by atoms with van der Waals surface area (Å²) in [4.78, 5) is 30.4. The molecule has 4 aromatic heterocycles. The zero-order valence-corrected chi connectivity index (χ0v) is 18.4. The third kappa shape index (κ3) is 2.70. The largest absolute Gasteiger partial charge is 0.389 e. The van der Waals surface area contributed by atoms with Gasteiger partial charge in [-0.2, -0.15) is 14.6 Å². The molecule has 2 fully saturated rings. The molecule has 2 saturated carbocycles. The molecule has 34 heavy (non-hydrogen) atoms. The summed E-state index contributed by atoms with van der Waals surface area (Å²) >= 11 is 0. The van der Waals surface area contributed by atoms with Gasteiger partial charge in [0.15, 0.2) is 17.0 Å². The summed E-state index contributed by atoms with van der Waals surface area (Å²) in [6, 6.07) is 4.94. The third-order valence-corrected chi connectivity index (χ3v) is 6.92. The Balaban J connectivity index is 1.44. The van der Waals surface area contributed by atoms with Gasteiger partial charge in [0.2, 0.25) is 5.91 Å². The maximum Gasteiger partial charge on any atom is 0.256 e. The minimum atomic E-state index is -1.18. The average molecular weight is 462 g/mol. The Labute approximate surface area is 192 Å². The first-order valence-corrected chi connectivity index (χ1v) is 10.8. The second-order valence-corrected chi connectivity index (χ2v) is 8.57. The molecule has 13 nitrogen and oxygen atoms in total. The van der Waals surface area contributed by atoms with Gasteiger partial charge in [-0.1, -0.05) is 11.3 Å². The maximum atomic E-state index is 12.5. The fourth-order valence-corrected chi connectivity index (χ4v) is 5.18. The summed E-state index contributed by atoms with van der Waals surface area (Å²) in [5, 5.41) is 35.6. The van der Waals surface area contributed by atoms with Crippen LogP contribution in [0, 0.1) is 11.3 Å². The van der Waals surface area contributed by atoms with E-state index in [-0.39, 0.29) is 17.8 Å². The first-order chi connectivity index (χ1) is 16.5. The standard InChI is InChI=1S/C21H22N10O3/c1-22-17-13-18(27-20(26-17)31-8-12(28-29-31)11-5-3-4-6-24-11)30(9-25-13)14-10-7-21(10,19(34)23-2)16(33)15(14)32/h3-6,8-10,14-16,32-33H,7H2,1-2H3,(H,23,34)(H,22,26,27). The lowest BCUT2D eigenvalue weighted by molar-refractivity contribution is -0.132. The minimum absolute atomic E-state index is 0.242. The number of carbonyl (C=O) groups is 1. The van der Waals surface area contributed by atoms with E-state index in [0.29, 0.717) is 34.8 Å². The number of pyridine rings is 1. The Kier molecular flexibility index (Phi) is 4.41. The molecular weight excluding hydrogens is 440 g/mol. The molecule has 13 heteroatoms. The Bertz CT molecular complexity index is 1400. The number of aliphatic hydroxyl groups excluding tert-OH is 2. The van der Waals surface area contributed by atoms with Crippen LogP contribution in [0.1, 0.15) is 12.5 Å². The average Bonchev–Trinajstić information content (AvgIpc) is 3.14. The van der Waals surface area contributed by atoms with Crippen LogP contribution in [0.15, 0.2) is 36.9 Å². The van der Waals surface area contributed by atoms with Crippen molar-refractivity contribution in [2.45, 2.75) is 24.7 Å². The van der Waals surface area contributed by atoms with Gasteiger partial charge in [-0.15, -0.1) is 5.10 Å². The molecule has 0 aliphatic heterocycles. The maximum absolute atomic E-state index is 12.5. The normalized spacial score (nSPS) is 27.5. The zero-order chi connectivity index (χ0) is 23.6. The first-order valence-electron chi connectivity index (χ1n) is 10.8. The Hall–Kier alpha value is -3.97. The van der Waals surface area contributed by atoms with Crippen LogP contribution in [0.2, 0.25) is 0 Å². The molecule has 4 heterocycles. The van der Waals surface area contributed by atoms with E-state index in [9.17, 15) is 15.0 Å². The number of imidazole rings is 1. The van der Waals surface area contributed by atoms with Crippen LogP contribution >= 0.6 is 0 Å². The van der Waals surface area contributed by atoms with Gasteiger partial charge in [-0.05, 0) is 18.6 Å². The molecule has 2 aliphatic rings. The topological polar surface area (TPSA) is 169 Å². The van der Waals surface area contributed by atoms with Crippen molar-refractivity contribution < 1.29 is 15.0 Å². The third-order valence-electron chi connectivity index (χ3n) is 6.92. The van der Waals surface area contributed by atoms with E-state index in [1.165, 1.54) is 11.7 Å². The van der Waals surface area contributed by atoms with Crippen molar-refractivity contribution in [1.29, 1.82) is 0 Å². The fraction of sp³-hybridized carbons (Fsp3) is 0.381. The zero-order valence-electron chi connectivity index (χ0n) is 18.4. The first kappa shape index (κ1) is 20.6. The highest BCUT2D eigenvalue weighted by atomic mass is 16.3. The molecule has 1 amide bonds. The summed E-state index contributed by atoms with van der Waals surface area (Å²) in [7, 11) is 3.25. The van der Waals surface area contributed by atoms with Gasteiger partial charge in [-0.3, -0.25) is 9.78 Å². The van der Waals surface area contributed by atoms with Gasteiger partial charge >= 0.3 is 0 Å². The SMILES string of the molecule is CNC(=O)C12CC1C(n1cnc3c(NC)nc(-n4cc(-c5ccccn5)nn4)nc31)C(O)C2O. The van der Waals surface area contributed by atoms with Gasteiger partial charge in [0.1, 0.15) is 11.8 Å². The molecule has 0 spiro atoms. The Morgan fingerprint density at radius 3 is 2.76 bits per heavy atom. The lowest BCUT2D eigenvalue weighted by Gasteiger charge is -2.23. The minimum Gasteiger partial charge on any atom is -0.389 e. The highest BCUT2D eigenvalue weighted by molar-refractivity contribution is 5.88. The van der Waals surface area contributed by atoms with E-state index < -0.39 is 23.7 Å². The Morgan fingerprint density at radius 1 is 1.18 bits per heavy atom. The number of anilines is 1. The molecule has 174 valence electrons. The van der Waals surface area contributed by atoms with E-state index in [2.05, 4.69) is 40.9 Å². The lowest BCUT2D eigenvalue weighted by Crippen LogP contribution is -2.41. The smallest absolute Gasteiger partial charge is 0.256 e. The van der Waals surface area contributed by atoms with Crippen molar-refractivity contribution in [3.05, 3.63) is 36.9 Å². The van der Waals surface area contributed by atoms with Gasteiger partial charge in [-0.25, -0.2) is 4.98 Å². The van der Waals surface area contributed by atoms with Gasteiger partial charge in [0, 0.05) is 26.2 Å². The number of aromatic nitrogens is 8. The second-order valence-electron chi connectivity index (χ2n) is 8.57. The van der Waals surface area contributed by atoms with Crippen LogP contribution in [-0.2, 0) is 4.79 Å². The van der Waals surface area contributed by atoms with Crippen LogP contribution in [0.4, 0.5) is 5.82 Å². The fourth-order valence-electron chi connectivity index (χ4n) is 5.18. The highest BCUT2D eigenvalue weighted by Crippen LogP contribution is 2.67. The van der Waals surface area contributed by atoms with Crippen LogP contribution in [0.25, 0.3) is 28.5 Å². The molecular formula is C21H22N10O3. The number of hydrogen-bond donors (Lipinski definition) is 4. The molecule has 4 N–H and O–H groups in total. The van der Waals surface area contributed by atoms with E-state index in [1.807, 2.05) is 18.2 Å². The molecule has 5 unspecified atom stereocenters. The molecule has 2 aliphatic carbocycles. The predicted octanol–water partition coefficient (Wildman–Crippen LogP) is -0.461. The number of nitrogens with one attached hydrogen (secondary N) is 2. The van der Waals surface area contributed by atoms with Crippen LogP contribution in [0.3, 0.4) is 0 Å². The number of hydrogen-bond acceptors (Lipinski definition) is 10. The summed E-state index contributed by atoms with van der Waals surface area (Å²) in [6.07, 6.45) is 3.06. The monoisotopic (exact) mass is 462 g/mol. The van der Waals surface area contributed by atoms with Crippen molar-refractivity contribution in [2.75, 3.05) is 19.4 Å². The van der Waals surface area contributed by atoms with Crippen LogP contribution in [0.5, 0.6) is 0 Å². The number of amides is 1. The lowest BCUT2D eigenvalue weighted by atomic mass is 9.98. The van der Waals surface area contributed by atoms with Gasteiger partial charge < -0.3 is 25.4 Å². The van der Waals surface area contributed by atoms with Gasteiger partial charge in [0.25, 0.3) is 5.95 Å².